The van der Waals surface area contributed by atoms with Crippen molar-refractivity contribution in [2.24, 2.45) is 5.92 Å². The summed E-state index contributed by atoms with van der Waals surface area (Å²) in [5, 5.41) is 19.2. The van der Waals surface area contributed by atoms with E-state index >= 15 is 0 Å². The first kappa shape index (κ1) is 23.4. The molecule has 0 bridgehead atoms. The number of carboxylic acid groups (broad SMARTS) is 1. The van der Waals surface area contributed by atoms with Crippen LogP contribution in [0.15, 0.2) is 42.5 Å². The Morgan fingerprint density at radius 3 is 2.34 bits per heavy atom. The molecule has 1 N–H and O–H groups in total. The molecular weight excluding hydrogens is 413 g/mol. The van der Waals surface area contributed by atoms with Gasteiger partial charge in [-0.25, -0.2) is 4.39 Å². The number of hydrogen-bond acceptors (Lipinski definition) is 5. The highest BCUT2D eigenvalue weighted by Crippen LogP contribution is 2.43. The van der Waals surface area contributed by atoms with Gasteiger partial charge in [-0.1, -0.05) is 6.07 Å². The van der Waals surface area contributed by atoms with Crippen molar-refractivity contribution in [1.29, 1.82) is 5.26 Å². The van der Waals surface area contributed by atoms with Gasteiger partial charge < -0.3 is 19.3 Å². The number of aliphatic carboxylic acids is 1. The van der Waals surface area contributed by atoms with Crippen LogP contribution < -0.4 is 14.2 Å². The molecule has 0 unspecified atom stereocenters. The van der Waals surface area contributed by atoms with Crippen molar-refractivity contribution in [3.8, 4) is 23.3 Å². The van der Waals surface area contributed by atoms with E-state index in [1.54, 1.807) is 25.3 Å². The molecule has 6 nitrogen and oxygen atoms in total. The Morgan fingerprint density at radius 2 is 1.75 bits per heavy atom. The van der Waals surface area contributed by atoms with Crippen LogP contribution in [0.3, 0.4) is 0 Å². The van der Waals surface area contributed by atoms with Crippen LogP contribution in [0.5, 0.6) is 17.2 Å². The van der Waals surface area contributed by atoms with Gasteiger partial charge in [-0.3, -0.25) is 4.79 Å². The lowest BCUT2D eigenvalue weighted by Gasteiger charge is -2.34. The molecule has 2 aromatic carbocycles. The molecule has 2 aromatic rings. The fraction of sp³-hybridized carbons (Fsp3) is 0.440. The lowest BCUT2D eigenvalue weighted by atomic mass is 9.67. The number of nitriles is 1. The Labute approximate surface area is 187 Å². The summed E-state index contributed by atoms with van der Waals surface area (Å²) < 4.78 is 29.9. The molecule has 170 valence electrons. The Bertz CT molecular complexity index is 946. The number of methoxy groups -OCH3 is 1. The molecule has 0 atom stereocenters. The van der Waals surface area contributed by atoms with Gasteiger partial charge in [0.25, 0.3) is 0 Å². The first-order valence-corrected chi connectivity index (χ1v) is 10.8. The summed E-state index contributed by atoms with van der Waals surface area (Å²) in [7, 11) is 1.57. The fourth-order valence-electron chi connectivity index (χ4n) is 4.02. The summed E-state index contributed by atoms with van der Waals surface area (Å²) in [4.78, 5) is 11.3. The zero-order valence-corrected chi connectivity index (χ0v) is 18.2. The molecule has 0 amide bonds. The number of carbonyl (C=O) groups is 1. The number of unbranched alkanes of at least 4 members (excludes halogenated alkanes) is 1. The number of rotatable bonds is 10. The van der Waals surface area contributed by atoms with E-state index in [9.17, 15) is 19.6 Å². The quantitative estimate of drug-likeness (QED) is 0.516. The molecule has 32 heavy (non-hydrogen) atoms. The maximum absolute atomic E-state index is 12.9. The average molecular weight is 441 g/mol. The van der Waals surface area contributed by atoms with Crippen LogP contribution in [0.2, 0.25) is 0 Å². The summed E-state index contributed by atoms with van der Waals surface area (Å²) in [6.07, 6.45) is 3.49. The second-order valence-electron chi connectivity index (χ2n) is 8.03. The minimum atomic E-state index is -0.793. The van der Waals surface area contributed by atoms with E-state index in [0.29, 0.717) is 56.1 Å². The number of benzene rings is 2. The van der Waals surface area contributed by atoms with E-state index in [1.165, 1.54) is 12.1 Å². The maximum Gasteiger partial charge on any atom is 0.306 e. The standard InChI is InChI=1S/C25H28FNO5/c1-30-22-9-4-19(25(17-27)12-10-18(11-13-25)24(28)29)16-23(22)32-15-3-2-14-31-21-7-5-20(26)6-8-21/h4-9,16,18H,2-3,10-15H2,1H3,(H,28,29). The van der Waals surface area contributed by atoms with Gasteiger partial charge in [0.15, 0.2) is 11.5 Å². The molecular formula is C25H28FNO5. The highest BCUT2D eigenvalue weighted by Gasteiger charge is 2.39. The maximum atomic E-state index is 12.9. The molecule has 0 saturated heterocycles. The van der Waals surface area contributed by atoms with Crippen LogP contribution in [0.1, 0.15) is 44.1 Å². The molecule has 0 spiro atoms. The second-order valence-corrected chi connectivity index (χ2v) is 8.03. The van der Waals surface area contributed by atoms with E-state index < -0.39 is 11.4 Å². The summed E-state index contributed by atoms with van der Waals surface area (Å²) >= 11 is 0. The Morgan fingerprint density at radius 1 is 1.09 bits per heavy atom. The van der Waals surface area contributed by atoms with Gasteiger partial charge in [-0.2, -0.15) is 5.26 Å². The van der Waals surface area contributed by atoms with Crippen molar-refractivity contribution >= 4 is 5.97 Å². The van der Waals surface area contributed by atoms with Crippen molar-refractivity contribution in [2.45, 2.75) is 43.9 Å². The van der Waals surface area contributed by atoms with E-state index in [0.717, 1.165) is 18.4 Å². The lowest BCUT2D eigenvalue weighted by Crippen LogP contribution is -2.32. The normalized spacial score (nSPS) is 20.2. The van der Waals surface area contributed by atoms with Crippen molar-refractivity contribution < 1.29 is 28.5 Å². The predicted molar refractivity (Wildman–Crippen MR) is 117 cm³/mol. The van der Waals surface area contributed by atoms with Crippen LogP contribution in [0.25, 0.3) is 0 Å². The third-order valence-corrected chi connectivity index (χ3v) is 6.00. The molecule has 1 fully saturated rings. The smallest absolute Gasteiger partial charge is 0.306 e. The summed E-state index contributed by atoms with van der Waals surface area (Å²) in [5.41, 5.74) is 0.124. The lowest BCUT2D eigenvalue weighted by molar-refractivity contribution is -0.143. The van der Waals surface area contributed by atoms with Crippen molar-refractivity contribution in [3.05, 3.63) is 53.8 Å². The van der Waals surface area contributed by atoms with E-state index in [2.05, 4.69) is 6.07 Å². The number of ether oxygens (including phenoxy) is 3. The third kappa shape index (κ3) is 5.70. The molecule has 0 radical (unpaired) electrons. The Hall–Kier alpha value is -3.27. The molecule has 0 heterocycles. The number of hydrogen-bond donors (Lipinski definition) is 1. The van der Waals surface area contributed by atoms with Gasteiger partial charge in [0, 0.05) is 0 Å². The van der Waals surface area contributed by atoms with Gasteiger partial charge in [-0.05, 0) is 80.5 Å². The van der Waals surface area contributed by atoms with E-state index in [-0.39, 0.29) is 11.7 Å². The monoisotopic (exact) mass is 441 g/mol. The first-order valence-electron chi connectivity index (χ1n) is 10.8. The van der Waals surface area contributed by atoms with Crippen LogP contribution in [0.4, 0.5) is 4.39 Å². The Kier molecular flexibility index (Phi) is 7.93. The van der Waals surface area contributed by atoms with Gasteiger partial charge in [-0.15, -0.1) is 0 Å². The topological polar surface area (TPSA) is 88.8 Å². The minimum absolute atomic E-state index is 0.296. The molecule has 0 aliphatic heterocycles. The zero-order chi connectivity index (χ0) is 23.0. The van der Waals surface area contributed by atoms with E-state index in [4.69, 9.17) is 14.2 Å². The van der Waals surface area contributed by atoms with E-state index in [1.807, 2.05) is 12.1 Å². The molecule has 0 aromatic heterocycles. The largest absolute Gasteiger partial charge is 0.494 e. The van der Waals surface area contributed by atoms with Crippen LogP contribution in [-0.2, 0) is 10.2 Å². The second kappa shape index (κ2) is 10.9. The number of carboxylic acids is 1. The van der Waals surface area contributed by atoms with Crippen LogP contribution >= 0.6 is 0 Å². The molecule has 3 rings (SSSR count). The molecule has 7 heteroatoms. The SMILES string of the molecule is COc1ccc(C2(C#N)CCC(C(=O)O)CC2)cc1OCCCCOc1ccc(F)cc1. The van der Waals surface area contributed by atoms with Gasteiger partial charge in [0.1, 0.15) is 11.6 Å². The van der Waals surface area contributed by atoms with Gasteiger partial charge in [0.05, 0.1) is 37.7 Å². The summed E-state index contributed by atoms with van der Waals surface area (Å²) in [6, 6.07) is 13.9. The molecule has 1 aliphatic carbocycles. The van der Waals surface area contributed by atoms with Gasteiger partial charge in [0.2, 0.25) is 0 Å². The highest BCUT2D eigenvalue weighted by atomic mass is 19.1. The predicted octanol–water partition coefficient (Wildman–Crippen LogP) is 5.11. The Balaban J connectivity index is 1.56. The summed E-state index contributed by atoms with van der Waals surface area (Å²) in [6.45, 7) is 0.946. The van der Waals surface area contributed by atoms with Crippen LogP contribution in [-0.4, -0.2) is 31.4 Å². The third-order valence-electron chi connectivity index (χ3n) is 6.00. The zero-order valence-electron chi connectivity index (χ0n) is 18.2. The minimum Gasteiger partial charge on any atom is -0.494 e. The van der Waals surface area contributed by atoms with Crippen molar-refractivity contribution in [2.75, 3.05) is 20.3 Å². The summed E-state index contributed by atoms with van der Waals surface area (Å²) in [5.74, 6) is 0.306. The molecule has 1 saturated carbocycles. The first-order chi connectivity index (χ1) is 15.5. The van der Waals surface area contributed by atoms with Crippen molar-refractivity contribution in [1.82, 2.24) is 0 Å². The van der Waals surface area contributed by atoms with Gasteiger partial charge >= 0.3 is 5.97 Å². The van der Waals surface area contributed by atoms with Crippen LogP contribution in [0, 0.1) is 23.1 Å². The fourth-order valence-corrected chi connectivity index (χ4v) is 4.02. The average Bonchev–Trinajstić information content (AvgIpc) is 2.82. The number of nitrogens with zero attached hydrogens (tertiary/aromatic N) is 1. The highest BCUT2D eigenvalue weighted by molar-refractivity contribution is 5.70. The van der Waals surface area contributed by atoms with Crippen molar-refractivity contribution in [3.63, 3.8) is 0 Å². The number of halogens is 1. The molecule has 1 aliphatic rings.